The number of amides is 1. The molecule has 3 nitrogen and oxygen atoms in total. The molecule has 13 heavy (non-hydrogen) atoms. The van der Waals surface area contributed by atoms with Crippen LogP contribution >= 0.6 is 27.3 Å². The van der Waals surface area contributed by atoms with E-state index in [9.17, 15) is 4.79 Å². The molecular formula is C8H9BrN2OS. The second kappa shape index (κ2) is 3.40. The predicted octanol–water partition coefficient (Wildman–Crippen LogP) is 1.57. The van der Waals surface area contributed by atoms with Crippen LogP contribution in [0.5, 0.6) is 0 Å². The van der Waals surface area contributed by atoms with Gasteiger partial charge in [0.15, 0.2) is 0 Å². The largest absolute Gasteiger partial charge is 0.325 e. The van der Waals surface area contributed by atoms with Gasteiger partial charge in [0.05, 0.1) is 10.3 Å². The Hall–Kier alpha value is -0.390. The lowest BCUT2D eigenvalue weighted by Crippen LogP contribution is -2.25. The van der Waals surface area contributed by atoms with Crippen LogP contribution in [0.15, 0.2) is 15.2 Å². The Balaban J connectivity index is 2.23. The minimum atomic E-state index is 0.0510. The van der Waals surface area contributed by atoms with Gasteiger partial charge in [-0.2, -0.15) is 0 Å². The molecule has 0 aromatic carbocycles. The zero-order valence-electron chi connectivity index (χ0n) is 7.08. The summed E-state index contributed by atoms with van der Waals surface area (Å²) in [6.45, 7) is 0.439. The Bertz CT molecular complexity index is 339. The van der Waals surface area contributed by atoms with E-state index in [1.54, 1.807) is 16.2 Å². The molecule has 1 aliphatic rings. The zero-order valence-corrected chi connectivity index (χ0v) is 9.48. The van der Waals surface area contributed by atoms with Crippen LogP contribution < -0.4 is 5.32 Å². The Morgan fingerprint density at radius 3 is 3.00 bits per heavy atom. The number of thiophene rings is 1. The highest BCUT2D eigenvalue weighted by Crippen LogP contribution is 2.28. The fourth-order valence-electron chi connectivity index (χ4n) is 1.40. The Kier molecular flexibility index (Phi) is 2.40. The number of rotatable bonds is 1. The Morgan fingerprint density at radius 1 is 1.77 bits per heavy atom. The van der Waals surface area contributed by atoms with Gasteiger partial charge in [0, 0.05) is 12.6 Å². The van der Waals surface area contributed by atoms with Crippen LogP contribution in [-0.2, 0) is 4.79 Å². The van der Waals surface area contributed by atoms with Gasteiger partial charge in [-0.1, -0.05) is 0 Å². The lowest BCUT2D eigenvalue weighted by atomic mass is 10.2. The third kappa shape index (κ3) is 1.63. The summed E-state index contributed by atoms with van der Waals surface area (Å²) >= 11 is 5.03. The van der Waals surface area contributed by atoms with Gasteiger partial charge in [-0.05, 0) is 27.4 Å². The SMILES string of the molecule is CN1C(=O)CNC1c1csc(Br)c1. The molecule has 2 rings (SSSR count). The van der Waals surface area contributed by atoms with Gasteiger partial charge in [-0.25, -0.2) is 0 Å². The van der Waals surface area contributed by atoms with Crippen LogP contribution in [0.1, 0.15) is 11.7 Å². The maximum absolute atomic E-state index is 11.2. The van der Waals surface area contributed by atoms with Crippen molar-refractivity contribution in [3.63, 3.8) is 0 Å². The molecule has 1 atom stereocenters. The second-order valence-electron chi connectivity index (χ2n) is 2.97. The highest BCUT2D eigenvalue weighted by Gasteiger charge is 2.28. The van der Waals surface area contributed by atoms with Crippen molar-refractivity contribution in [2.75, 3.05) is 13.6 Å². The topological polar surface area (TPSA) is 32.3 Å². The molecular weight excluding hydrogens is 252 g/mol. The molecule has 1 fully saturated rings. The van der Waals surface area contributed by atoms with Crippen LogP contribution in [0.2, 0.25) is 0 Å². The van der Waals surface area contributed by atoms with Crippen molar-refractivity contribution in [3.05, 3.63) is 20.8 Å². The summed E-state index contributed by atoms with van der Waals surface area (Å²) in [7, 11) is 1.82. The lowest BCUT2D eigenvalue weighted by Gasteiger charge is -2.17. The molecule has 0 radical (unpaired) electrons. The van der Waals surface area contributed by atoms with Crippen LogP contribution in [-0.4, -0.2) is 24.4 Å². The molecule has 1 aliphatic heterocycles. The fraction of sp³-hybridized carbons (Fsp3) is 0.375. The third-order valence-corrected chi connectivity index (χ3v) is 3.65. The summed E-state index contributed by atoms with van der Waals surface area (Å²) in [6, 6.07) is 2.04. The summed E-state index contributed by atoms with van der Waals surface area (Å²) in [5, 5.41) is 5.20. The maximum atomic E-state index is 11.2. The van der Waals surface area contributed by atoms with E-state index < -0.39 is 0 Å². The molecule has 1 unspecified atom stereocenters. The Morgan fingerprint density at radius 2 is 2.54 bits per heavy atom. The molecule has 0 spiro atoms. The van der Waals surface area contributed by atoms with Gasteiger partial charge in [0.25, 0.3) is 0 Å². The van der Waals surface area contributed by atoms with Crippen molar-refractivity contribution in [2.45, 2.75) is 6.17 Å². The molecule has 1 aromatic heterocycles. The molecule has 0 bridgehead atoms. The average Bonchev–Trinajstić information content (AvgIpc) is 2.62. The summed E-state index contributed by atoms with van der Waals surface area (Å²) in [5.74, 6) is 0.146. The van der Waals surface area contributed by atoms with Crippen molar-refractivity contribution in [1.29, 1.82) is 0 Å². The summed E-state index contributed by atoms with van der Waals surface area (Å²) in [5.41, 5.74) is 1.14. The number of hydrogen-bond donors (Lipinski definition) is 1. The van der Waals surface area contributed by atoms with Crippen molar-refractivity contribution in [2.24, 2.45) is 0 Å². The predicted molar refractivity (Wildman–Crippen MR) is 55.5 cm³/mol. The van der Waals surface area contributed by atoms with E-state index in [1.807, 2.05) is 13.1 Å². The van der Waals surface area contributed by atoms with E-state index in [0.717, 1.165) is 9.35 Å². The minimum absolute atomic E-state index is 0.0510. The first kappa shape index (κ1) is 9.18. The van der Waals surface area contributed by atoms with Gasteiger partial charge >= 0.3 is 0 Å². The third-order valence-electron chi connectivity index (χ3n) is 2.13. The zero-order chi connectivity index (χ0) is 9.42. The highest BCUT2D eigenvalue weighted by molar-refractivity contribution is 9.11. The fourth-order valence-corrected chi connectivity index (χ4v) is 2.59. The van der Waals surface area contributed by atoms with Crippen LogP contribution in [0, 0.1) is 0 Å². The highest BCUT2D eigenvalue weighted by atomic mass is 79.9. The first-order valence-electron chi connectivity index (χ1n) is 3.91. The maximum Gasteiger partial charge on any atom is 0.237 e. The van der Waals surface area contributed by atoms with Crippen LogP contribution in [0.4, 0.5) is 0 Å². The number of carbonyl (C=O) groups is 1. The van der Waals surface area contributed by atoms with Crippen molar-refractivity contribution >= 4 is 33.2 Å². The van der Waals surface area contributed by atoms with Gasteiger partial charge in [-0.15, -0.1) is 11.3 Å². The molecule has 1 saturated heterocycles. The van der Waals surface area contributed by atoms with E-state index >= 15 is 0 Å². The van der Waals surface area contributed by atoms with Crippen molar-refractivity contribution in [3.8, 4) is 0 Å². The standard InChI is InChI=1S/C8H9BrN2OS/c1-11-7(12)3-10-8(11)5-2-6(9)13-4-5/h2,4,8,10H,3H2,1H3. The molecule has 0 aliphatic carbocycles. The molecule has 1 N–H and O–H groups in total. The summed E-state index contributed by atoms with van der Waals surface area (Å²) in [4.78, 5) is 13.0. The molecule has 0 saturated carbocycles. The number of nitrogens with zero attached hydrogens (tertiary/aromatic N) is 1. The van der Waals surface area contributed by atoms with E-state index in [0.29, 0.717) is 6.54 Å². The van der Waals surface area contributed by atoms with E-state index in [1.165, 1.54) is 0 Å². The van der Waals surface area contributed by atoms with Gasteiger partial charge < -0.3 is 4.90 Å². The summed E-state index contributed by atoms with van der Waals surface area (Å²) < 4.78 is 1.09. The smallest absolute Gasteiger partial charge is 0.237 e. The van der Waals surface area contributed by atoms with Crippen LogP contribution in [0.3, 0.4) is 0 Å². The minimum Gasteiger partial charge on any atom is -0.325 e. The second-order valence-corrected chi connectivity index (χ2v) is 5.26. The molecule has 70 valence electrons. The first-order valence-corrected chi connectivity index (χ1v) is 5.59. The number of halogens is 1. The van der Waals surface area contributed by atoms with E-state index in [2.05, 4.69) is 26.6 Å². The van der Waals surface area contributed by atoms with Crippen molar-refractivity contribution < 1.29 is 4.79 Å². The van der Waals surface area contributed by atoms with E-state index in [4.69, 9.17) is 0 Å². The van der Waals surface area contributed by atoms with Crippen molar-refractivity contribution in [1.82, 2.24) is 10.2 Å². The van der Waals surface area contributed by atoms with Crippen LogP contribution in [0.25, 0.3) is 0 Å². The Labute approximate surface area is 88.9 Å². The first-order chi connectivity index (χ1) is 6.18. The monoisotopic (exact) mass is 260 g/mol. The number of likely N-dealkylation sites (N-methyl/N-ethyl adjacent to an activating group) is 1. The van der Waals surface area contributed by atoms with E-state index in [-0.39, 0.29) is 12.1 Å². The molecule has 1 aromatic rings. The average molecular weight is 261 g/mol. The molecule has 2 heterocycles. The number of carbonyl (C=O) groups excluding carboxylic acids is 1. The van der Waals surface area contributed by atoms with Gasteiger partial charge in [-0.3, -0.25) is 10.1 Å². The quantitative estimate of drug-likeness (QED) is 0.832. The van der Waals surface area contributed by atoms with Gasteiger partial charge in [0.1, 0.15) is 6.17 Å². The number of nitrogens with one attached hydrogen (secondary N) is 1. The lowest BCUT2D eigenvalue weighted by molar-refractivity contribution is -0.126. The van der Waals surface area contributed by atoms with Gasteiger partial charge in [0.2, 0.25) is 5.91 Å². The normalized spacial score (nSPS) is 22.8. The summed E-state index contributed by atoms with van der Waals surface area (Å²) in [6.07, 6.45) is 0.0510. The molecule has 5 heteroatoms. The number of hydrogen-bond acceptors (Lipinski definition) is 3. The molecule has 1 amide bonds.